The molecule has 0 spiro atoms. The number of aromatic nitrogens is 3. The predicted molar refractivity (Wildman–Crippen MR) is 171 cm³/mol. The molecule has 1 aromatic carbocycles. The summed E-state index contributed by atoms with van der Waals surface area (Å²) in [6.07, 6.45) is 16.4. The van der Waals surface area contributed by atoms with Gasteiger partial charge in [0.2, 0.25) is 11.8 Å². The van der Waals surface area contributed by atoms with E-state index in [0.717, 1.165) is 63.7 Å². The molecule has 1 aliphatic heterocycles. The number of rotatable bonds is 9. The second kappa shape index (κ2) is 14.1. The van der Waals surface area contributed by atoms with E-state index in [0.29, 0.717) is 17.4 Å². The van der Waals surface area contributed by atoms with Crippen LogP contribution in [0.5, 0.6) is 0 Å². The Kier molecular flexibility index (Phi) is 10.5. The molecule has 3 aliphatic rings. The van der Waals surface area contributed by atoms with Crippen LogP contribution in [-0.4, -0.2) is 62.7 Å². The van der Waals surface area contributed by atoms with Crippen molar-refractivity contribution in [1.29, 1.82) is 0 Å². The molecule has 8 nitrogen and oxygen atoms in total. The number of likely N-dealkylation sites (tertiary alicyclic amines) is 1. The summed E-state index contributed by atoms with van der Waals surface area (Å²) in [5.41, 5.74) is 0.893. The molecule has 0 radical (unpaired) electrons. The molecular weight excluding hydrogens is 560 g/mol. The van der Waals surface area contributed by atoms with Crippen LogP contribution in [0.25, 0.3) is 0 Å². The number of hydrogen-bond acceptors (Lipinski definition) is 5. The lowest BCUT2D eigenvalue weighted by molar-refractivity contribution is -0.137. The fraction of sp³-hybridized carbons (Fsp3) is 0.706. The van der Waals surface area contributed by atoms with Crippen LogP contribution in [0.1, 0.15) is 97.0 Å². The molecule has 2 heterocycles. The summed E-state index contributed by atoms with van der Waals surface area (Å²) in [6.45, 7) is 8.33. The number of benzene rings is 1. The van der Waals surface area contributed by atoms with Crippen LogP contribution >= 0.6 is 11.6 Å². The van der Waals surface area contributed by atoms with E-state index in [-0.39, 0.29) is 40.8 Å². The van der Waals surface area contributed by atoms with Crippen molar-refractivity contribution in [2.45, 2.75) is 122 Å². The molecule has 2 aliphatic carbocycles. The number of carbonyl (C=O) groups is 2. The second-order valence-corrected chi connectivity index (χ2v) is 14.9. The van der Waals surface area contributed by atoms with Crippen molar-refractivity contribution in [3.05, 3.63) is 47.5 Å². The lowest BCUT2D eigenvalue weighted by atomic mass is 9.63. The van der Waals surface area contributed by atoms with E-state index in [4.69, 9.17) is 11.6 Å². The number of piperidine rings is 1. The van der Waals surface area contributed by atoms with Crippen LogP contribution in [0.4, 0.5) is 0 Å². The minimum atomic E-state index is -0.385. The zero-order valence-corrected chi connectivity index (χ0v) is 27.1. The van der Waals surface area contributed by atoms with Crippen molar-refractivity contribution in [2.75, 3.05) is 13.1 Å². The van der Waals surface area contributed by atoms with Gasteiger partial charge in [0, 0.05) is 42.2 Å². The zero-order chi connectivity index (χ0) is 30.5. The Morgan fingerprint density at radius 1 is 0.977 bits per heavy atom. The fourth-order valence-electron chi connectivity index (χ4n) is 7.60. The van der Waals surface area contributed by atoms with E-state index in [1.54, 1.807) is 6.33 Å². The van der Waals surface area contributed by atoms with E-state index in [1.807, 2.05) is 56.0 Å². The average Bonchev–Trinajstić information content (AvgIpc) is 3.52. The highest BCUT2D eigenvalue weighted by atomic mass is 35.5. The van der Waals surface area contributed by atoms with Crippen LogP contribution in [0.15, 0.2) is 36.9 Å². The third-order valence-electron chi connectivity index (χ3n) is 10.3. The molecule has 1 aromatic heterocycles. The summed E-state index contributed by atoms with van der Waals surface area (Å²) >= 11 is 6.18. The van der Waals surface area contributed by atoms with Crippen LogP contribution in [0, 0.1) is 16.7 Å². The standard InChI is InChI=1S/C34H51ClN6O2/c1-33(2,3)32(43)39-29-15-13-28(14-16-29)38-30(21-25-9-11-27(35)12-10-25)31(42)40-19-17-34(18-20-40,22-41-24-36-23-37-41)26-7-5-4-6-8-26/h9-12,23-24,26,28-30,38H,4-8,13-22H2,1-3H3,(H,39,43)/t28-,29-,30-/m1/s1. The van der Waals surface area contributed by atoms with Gasteiger partial charge in [0.25, 0.3) is 0 Å². The molecule has 5 rings (SSSR count). The average molecular weight is 611 g/mol. The molecule has 0 bridgehead atoms. The molecule has 43 heavy (non-hydrogen) atoms. The summed E-state index contributed by atoms with van der Waals surface area (Å²) in [5, 5.41) is 12.2. The Morgan fingerprint density at radius 3 is 2.23 bits per heavy atom. The molecular formula is C34H51ClN6O2. The maximum absolute atomic E-state index is 14.2. The van der Waals surface area contributed by atoms with Gasteiger partial charge >= 0.3 is 0 Å². The Hall–Kier alpha value is -2.45. The molecule has 9 heteroatoms. The first-order valence-corrected chi connectivity index (χ1v) is 16.9. The lowest BCUT2D eigenvalue weighted by Crippen LogP contribution is -2.56. The molecule has 2 N–H and O–H groups in total. The zero-order valence-electron chi connectivity index (χ0n) is 26.4. The number of carbonyl (C=O) groups excluding carboxylic acids is 2. The van der Waals surface area contributed by atoms with E-state index >= 15 is 0 Å². The normalized spacial score (nSPS) is 24.0. The second-order valence-electron chi connectivity index (χ2n) is 14.4. The number of nitrogens with one attached hydrogen (secondary N) is 2. The van der Waals surface area contributed by atoms with E-state index in [2.05, 4.69) is 25.6 Å². The topological polar surface area (TPSA) is 92.2 Å². The van der Waals surface area contributed by atoms with Crippen molar-refractivity contribution in [3.63, 3.8) is 0 Å². The summed E-state index contributed by atoms with van der Waals surface area (Å²) in [7, 11) is 0. The number of halogens is 1. The van der Waals surface area contributed by atoms with Crippen LogP contribution in [0.2, 0.25) is 5.02 Å². The molecule has 2 aromatic rings. The van der Waals surface area contributed by atoms with E-state index in [9.17, 15) is 9.59 Å². The first-order valence-electron chi connectivity index (χ1n) is 16.5. The summed E-state index contributed by atoms with van der Waals surface area (Å²) in [6, 6.07) is 8.05. The molecule has 1 saturated heterocycles. The van der Waals surface area contributed by atoms with Crippen molar-refractivity contribution < 1.29 is 9.59 Å². The first kappa shape index (κ1) is 32.0. The fourth-order valence-corrected chi connectivity index (χ4v) is 7.73. The highest BCUT2D eigenvalue weighted by molar-refractivity contribution is 6.30. The number of nitrogens with zero attached hydrogens (tertiary/aromatic N) is 4. The van der Waals surface area contributed by atoms with Gasteiger partial charge in [-0.3, -0.25) is 14.3 Å². The molecule has 3 fully saturated rings. The van der Waals surface area contributed by atoms with Crippen molar-refractivity contribution in [2.24, 2.45) is 16.7 Å². The van der Waals surface area contributed by atoms with Gasteiger partial charge < -0.3 is 15.5 Å². The van der Waals surface area contributed by atoms with Gasteiger partial charge in [-0.25, -0.2) is 4.98 Å². The monoisotopic (exact) mass is 610 g/mol. The van der Waals surface area contributed by atoms with Gasteiger partial charge in [-0.15, -0.1) is 0 Å². The summed E-state index contributed by atoms with van der Waals surface area (Å²) in [4.78, 5) is 33.1. The van der Waals surface area contributed by atoms with Crippen molar-refractivity contribution in [3.8, 4) is 0 Å². The minimum absolute atomic E-state index is 0.109. The van der Waals surface area contributed by atoms with Gasteiger partial charge in [0.05, 0.1) is 6.04 Å². The third kappa shape index (κ3) is 8.39. The maximum atomic E-state index is 14.2. The highest BCUT2D eigenvalue weighted by Gasteiger charge is 2.44. The minimum Gasteiger partial charge on any atom is -0.353 e. The maximum Gasteiger partial charge on any atom is 0.240 e. The van der Waals surface area contributed by atoms with Crippen LogP contribution in [0.3, 0.4) is 0 Å². The van der Waals surface area contributed by atoms with E-state index < -0.39 is 0 Å². The van der Waals surface area contributed by atoms with Gasteiger partial charge in [-0.05, 0) is 86.8 Å². The largest absolute Gasteiger partial charge is 0.353 e. The molecule has 2 amide bonds. The number of hydrogen-bond donors (Lipinski definition) is 2. The summed E-state index contributed by atoms with van der Waals surface area (Å²) in [5.74, 6) is 0.994. The third-order valence-corrected chi connectivity index (χ3v) is 10.6. The van der Waals surface area contributed by atoms with Crippen molar-refractivity contribution >= 4 is 23.4 Å². The smallest absolute Gasteiger partial charge is 0.240 e. The summed E-state index contributed by atoms with van der Waals surface area (Å²) < 4.78 is 2.01. The van der Waals surface area contributed by atoms with Gasteiger partial charge in [0.1, 0.15) is 12.7 Å². The molecule has 236 valence electrons. The molecule has 0 unspecified atom stereocenters. The molecule has 2 saturated carbocycles. The Balaban J connectivity index is 1.24. The van der Waals surface area contributed by atoms with Crippen LogP contribution in [-0.2, 0) is 22.6 Å². The SMILES string of the molecule is CC(C)(C)C(=O)N[C@H]1CC[C@H](N[C@H](Cc2ccc(Cl)cc2)C(=O)N2CCC(Cn3cncn3)(C3CCCCC3)CC2)CC1. The van der Waals surface area contributed by atoms with Crippen molar-refractivity contribution in [1.82, 2.24) is 30.3 Å². The van der Waals surface area contributed by atoms with E-state index in [1.165, 1.54) is 32.1 Å². The van der Waals surface area contributed by atoms with Crippen LogP contribution < -0.4 is 10.6 Å². The quantitative estimate of drug-likeness (QED) is 0.375. The number of amides is 2. The Morgan fingerprint density at radius 2 is 1.63 bits per heavy atom. The lowest BCUT2D eigenvalue weighted by Gasteiger charge is -2.48. The molecule has 1 atom stereocenters. The Labute approximate surface area is 262 Å². The Bertz CT molecular complexity index is 1170. The van der Waals surface area contributed by atoms with Gasteiger partial charge in [-0.1, -0.05) is 63.8 Å². The highest BCUT2D eigenvalue weighted by Crippen LogP contribution is 2.47. The first-order chi connectivity index (χ1) is 20.6. The predicted octanol–water partition coefficient (Wildman–Crippen LogP) is 5.80. The van der Waals surface area contributed by atoms with Gasteiger partial charge in [0.15, 0.2) is 0 Å². The van der Waals surface area contributed by atoms with Gasteiger partial charge in [-0.2, -0.15) is 5.10 Å².